The van der Waals surface area contributed by atoms with Crippen LogP contribution in [0.4, 0.5) is 0 Å². The van der Waals surface area contributed by atoms with Gasteiger partial charge in [-0.05, 0) is 37.0 Å². The molecule has 2 aromatic rings. The molecule has 0 spiro atoms. The van der Waals surface area contributed by atoms with E-state index in [1.807, 2.05) is 25.1 Å². The minimum absolute atomic E-state index is 0.104. The van der Waals surface area contributed by atoms with Crippen LogP contribution in [0.25, 0.3) is 10.9 Å². The van der Waals surface area contributed by atoms with Crippen molar-refractivity contribution in [1.29, 1.82) is 0 Å². The van der Waals surface area contributed by atoms with E-state index in [4.69, 9.17) is 18.9 Å². The van der Waals surface area contributed by atoms with E-state index in [1.165, 1.54) is 12.7 Å². The second kappa shape index (κ2) is 6.96. The average molecular weight is 410 g/mol. The fraction of sp³-hybridized carbons (Fsp3) is 0.478. The van der Waals surface area contributed by atoms with E-state index < -0.39 is 11.5 Å². The molecule has 3 heterocycles. The summed E-state index contributed by atoms with van der Waals surface area (Å²) in [7, 11) is 4.68. The Bertz CT molecular complexity index is 1050. The number of allylic oxidation sites excluding steroid dienone is 1. The topological polar surface area (TPSA) is 70.1 Å². The number of fused-ring (bicyclic) bond motifs is 2. The van der Waals surface area contributed by atoms with Gasteiger partial charge in [-0.15, -0.1) is 0 Å². The Hall–Kier alpha value is -2.64. The van der Waals surface area contributed by atoms with Gasteiger partial charge in [0.05, 0.1) is 32.8 Å². The molecule has 0 amide bonds. The molecule has 4 atom stereocenters. The first-order chi connectivity index (χ1) is 14.6. The third kappa shape index (κ3) is 2.39. The van der Waals surface area contributed by atoms with Gasteiger partial charge in [0.25, 0.3) is 0 Å². The number of methoxy groups -OCH3 is 3. The quantitative estimate of drug-likeness (QED) is 0.567. The van der Waals surface area contributed by atoms with Crippen LogP contribution >= 0.6 is 0 Å². The zero-order valence-corrected chi connectivity index (χ0v) is 17.7. The highest BCUT2D eigenvalue weighted by Crippen LogP contribution is 2.60. The SMILES string of the molecule is C/C=C1/CN2CO[C@@]3(c4ccnc5cc(OC)c(OC)cc45)[C@@H]2C[C@@H]1[C@@H]3C(=O)OC. The Morgan fingerprint density at radius 1 is 1.27 bits per heavy atom. The molecule has 0 N–H and O–H groups in total. The lowest BCUT2D eigenvalue weighted by atomic mass is 9.77. The van der Waals surface area contributed by atoms with Gasteiger partial charge >= 0.3 is 5.97 Å². The molecule has 2 saturated heterocycles. The average Bonchev–Trinajstić information content (AvgIpc) is 3.28. The predicted octanol–water partition coefficient (Wildman–Crippen LogP) is 2.87. The summed E-state index contributed by atoms with van der Waals surface area (Å²) in [6, 6.07) is 5.88. The number of hydrogen-bond acceptors (Lipinski definition) is 7. The number of carbonyl (C=O) groups is 1. The van der Waals surface area contributed by atoms with Gasteiger partial charge < -0.3 is 18.9 Å². The molecular formula is C23H26N2O5. The molecule has 30 heavy (non-hydrogen) atoms. The zero-order chi connectivity index (χ0) is 21.0. The van der Waals surface area contributed by atoms with Gasteiger partial charge in [0.2, 0.25) is 0 Å². The number of ether oxygens (including phenoxy) is 4. The first-order valence-electron chi connectivity index (χ1n) is 10.2. The number of rotatable bonds is 4. The van der Waals surface area contributed by atoms with Gasteiger partial charge in [-0.25, -0.2) is 0 Å². The number of esters is 1. The summed E-state index contributed by atoms with van der Waals surface area (Å²) >= 11 is 0. The molecule has 1 aliphatic carbocycles. The third-order valence-corrected chi connectivity index (χ3v) is 7.10. The first kappa shape index (κ1) is 19.3. The van der Waals surface area contributed by atoms with Crippen LogP contribution in [-0.2, 0) is 19.9 Å². The van der Waals surface area contributed by atoms with Crippen LogP contribution < -0.4 is 9.47 Å². The number of piperidine rings is 1. The fourth-order valence-electron chi connectivity index (χ4n) is 5.83. The maximum Gasteiger partial charge on any atom is 0.312 e. The molecule has 1 saturated carbocycles. The monoisotopic (exact) mass is 410 g/mol. The number of nitrogens with zero attached hydrogens (tertiary/aromatic N) is 2. The molecule has 0 unspecified atom stereocenters. The van der Waals surface area contributed by atoms with Crippen LogP contribution in [-0.4, -0.2) is 56.5 Å². The molecule has 2 bridgehead atoms. The Labute approximate surface area is 175 Å². The number of pyridine rings is 1. The number of aromatic nitrogens is 1. The van der Waals surface area contributed by atoms with Gasteiger partial charge in [-0.1, -0.05) is 11.6 Å². The Morgan fingerprint density at radius 2 is 2.03 bits per heavy atom. The maximum absolute atomic E-state index is 13.1. The fourth-order valence-corrected chi connectivity index (χ4v) is 5.83. The van der Waals surface area contributed by atoms with E-state index in [0.717, 1.165) is 29.4 Å². The molecule has 5 rings (SSSR count). The van der Waals surface area contributed by atoms with Crippen LogP contribution in [0.1, 0.15) is 18.9 Å². The molecule has 3 aliphatic rings. The van der Waals surface area contributed by atoms with Gasteiger partial charge in [-0.3, -0.25) is 14.7 Å². The van der Waals surface area contributed by atoms with Crippen molar-refractivity contribution in [2.45, 2.75) is 25.0 Å². The van der Waals surface area contributed by atoms with Crippen molar-refractivity contribution < 1.29 is 23.7 Å². The predicted molar refractivity (Wildman–Crippen MR) is 110 cm³/mol. The van der Waals surface area contributed by atoms with Gasteiger partial charge in [0.15, 0.2) is 11.5 Å². The van der Waals surface area contributed by atoms with Gasteiger partial charge in [0, 0.05) is 30.2 Å². The summed E-state index contributed by atoms with van der Waals surface area (Å²) in [5.41, 5.74) is 2.22. The third-order valence-electron chi connectivity index (χ3n) is 7.10. The van der Waals surface area contributed by atoms with Crippen molar-refractivity contribution in [3.05, 3.63) is 41.6 Å². The number of carbonyl (C=O) groups excluding carboxylic acids is 1. The number of benzene rings is 1. The molecular weight excluding hydrogens is 384 g/mol. The lowest BCUT2D eigenvalue weighted by Gasteiger charge is -2.35. The van der Waals surface area contributed by atoms with Crippen molar-refractivity contribution >= 4 is 16.9 Å². The van der Waals surface area contributed by atoms with E-state index in [-0.39, 0.29) is 17.9 Å². The minimum Gasteiger partial charge on any atom is -0.493 e. The minimum atomic E-state index is -0.788. The second-order valence-electron chi connectivity index (χ2n) is 8.12. The Balaban J connectivity index is 1.78. The summed E-state index contributed by atoms with van der Waals surface area (Å²) in [5, 5.41) is 0.903. The van der Waals surface area contributed by atoms with Crippen LogP contribution in [0, 0.1) is 11.8 Å². The normalized spacial score (nSPS) is 31.3. The van der Waals surface area contributed by atoms with Gasteiger partial charge in [-0.2, -0.15) is 0 Å². The maximum atomic E-state index is 13.1. The van der Waals surface area contributed by atoms with Crippen molar-refractivity contribution in [3.63, 3.8) is 0 Å². The van der Waals surface area contributed by atoms with Crippen molar-refractivity contribution in [2.75, 3.05) is 34.6 Å². The van der Waals surface area contributed by atoms with Crippen LogP contribution in [0.5, 0.6) is 11.5 Å². The summed E-state index contributed by atoms with van der Waals surface area (Å²) < 4.78 is 22.9. The van der Waals surface area contributed by atoms with Crippen molar-refractivity contribution in [3.8, 4) is 11.5 Å². The van der Waals surface area contributed by atoms with E-state index in [1.54, 1.807) is 20.4 Å². The van der Waals surface area contributed by atoms with E-state index in [2.05, 4.69) is 16.0 Å². The van der Waals surface area contributed by atoms with Crippen LogP contribution in [0.2, 0.25) is 0 Å². The largest absolute Gasteiger partial charge is 0.493 e. The zero-order valence-electron chi connectivity index (χ0n) is 17.7. The lowest BCUT2D eigenvalue weighted by molar-refractivity contribution is -0.158. The summed E-state index contributed by atoms with van der Waals surface area (Å²) in [4.78, 5) is 20.0. The van der Waals surface area contributed by atoms with E-state index in [0.29, 0.717) is 18.2 Å². The second-order valence-corrected chi connectivity index (χ2v) is 8.12. The molecule has 1 aromatic heterocycles. The summed E-state index contributed by atoms with van der Waals surface area (Å²) in [5.74, 6) is 0.704. The summed E-state index contributed by atoms with van der Waals surface area (Å²) in [6.07, 6.45) is 4.79. The highest BCUT2D eigenvalue weighted by Gasteiger charge is 2.68. The van der Waals surface area contributed by atoms with E-state index in [9.17, 15) is 4.79 Å². The van der Waals surface area contributed by atoms with E-state index >= 15 is 0 Å². The number of hydrogen-bond donors (Lipinski definition) is 0. The highest BCUT2D eigenvalue weighted by atomic mass is 16.5. The molecule has 7 nitrogen and oxygen atoms in total. The Morgan fingerprint density at radius 3 is 2.73 bits per heavy atom. The van der Waals surface area contributed by atoms with Gasteiger partial charge in [0.1, 0.15) is 12.3 Å². The molecule has 2 aliphatic heterocycles. The highest BCUT2D eigenvalue weighted by molar-refractivity contribution is 5.88. The van der Waals surface area contributed by atoms with Crippen LogP contribution in [0.15, 0.2) is 36.0 Å². The van der Waals surface area contributed by atoms with Crippen LogP contribution in [0.3, 0.4) is 0 Å². The summed E-state index contributed by atoms with van der Waals surface area (Å²) in [6.45, 7) is 3.35. The smallest absolute Gasteiger partial charge is 0.312 e. The van der Waals surface area contributed by atoms with Crippen molar-refractivity contribution in [2.24, 2.45) is 11.8 Å². The van der Waals surface area contributed by atoms with Crippen molar-refractivity contribution in [1.82, 2.24) is 9.88 Å². The standard InChI is InChI=1S/C23H26N2O5/c1-5-13-11-25-12-30-23(20(25)9-14(13)21(23)22(26)29-4)16-6-7-24-17-10-19(28-3)18(27-2)8-15(16)17/h5-8,10,14,20-21H,9,11-12H2,1-4H3/b13-5-/t14-,20-,21+,23-/m0/s1. The lowest BCUT2D eigenvalue weighted by Crippen LogP contribution is -2.44. The molecule has 7 heteroatoms. The molecule has 0 radical (unpaired) electrons. The molecule has 158 valence electrons. The first-order valence-corrected chi connectivity index (χ1v) is 10.2. The molecule has 1 aromatic carbocycles. The molecule has 3 fully saturated rings. The Kier molecular flexibility index (Phi) is 4.48.